The number of non-ortho nitro benzene ring substituents is 1. The highest BCUT2D eigenvalue weighted by Gasteiger charge is 2.13. The van der Waals surface area contributed by atoms with Gasteiger partial charge < -0.3 is 10.4 Å². The van der Waals surface area contributed by atoms with E-state index in [1.54, 1.807) is 0 Å². The van der Waals surface area contributed by atoms with Crippen molar-refractivity contribution in [2.45, 2.75) is 0 Å². The minimum Gasteiger partial charge on any atom is -0.872 e. The summed E-state index contributed by atoms with van der Waals surface area (Å²) in [6.45, 7) is 0. The minimum absolute atomic E-state index is 0.232. The lowest BCUT2D eigenvalue weighted by Gasteiger charge is -2.13. The second-order valence-corrected chi connectivity index (χ2v) is 4.83. The predicted octanol–water partition coefficient (Wildman–Crippen LogP) is 3.23. The van der Waals surface area contributed by atoms with E-state index < -0.39 is 16.6 Å². The van der Waals surface area contributed by atoms with Gasteiger partial charge in [-0.05, 0) is 18.2 Å². The molecule has 0 heterocycles. The van der Waals surface area contributed by atoms with E-state index >= 15 is 0 Å². The second-order valence-electron chi connectivity index (χ2n) is 4.02. The summed E-state index contributed by atoms with van der Waals surface area (Å²) in [6, 6.07) is 7.32. The fourth-order valence-electron chi connectivity index (χ4n) is 1.58. The zero-order valence-electron chi connectivity index (χ0n) is 10.3. The van der Waals surface area contributed by atoms with Crippen LogP contribution < -0.4 is 10.4 Å². The molecule has 0 aliphatic rings. The van der Waals surface area contributed by atoms with Crippen LogP contribution in [0.1, 0.15) is 10.4 Å². The molecule has 0 aliphatic heterocycles. The van der Waals surface area contributed by atoms with Gasteiger partial charge in [0.05, 0.1) is 15.0 Å². The molecule has 2 aromatic rings. The largest absolute Gasteiger partial charge is 0.872 e. The van der Waals surface area contributed by atoms with Gasteiger partial charge in [-0.15, -0.1) is 0 Å². The first-order valence-electron chi connectivity index (χ1n) is 5.60. The van der Waals surface area contributed by atoms with Gasteiger partial charge in [0.1, 0.15) is 0 Å². The molecule has 2 rings (SSSR count). The van der Waals surface area contributed by atoms with Crippen molar-refractivity contribution in [1.82, 2.24) is 0 Å². The molecule has 1 amide bonds. The second kappa shape index (κ2) is 5.99. The normalized spacial score (nSPS) is 10.2. The van der Waals surface area contributed by atoms with Gasteiger partial charge in [-0.2, -0.15) is 0 Å². The van der Waals surface area contributed by atoms with Crippen molar-refractivity contribution in [2.24, 2.45) is 0 Å². The molecule has 21 heavy (non-hydrogen) atoms. The number of nitro groups is 1. The summed E-state index contributed by atoms with van der Waals surface area (Å²) in [7, 11) is 0. The van der Waals surface area contributed by atoms with Crippen LogP contribution in [0.5, 0.6) is 5.75 Å². The van der Waals surface area contributed by atoms with Crippen molar-refractivity contribution in [3.05, 3.63) is 62.1 Å². The van der Waals surface area contributed by atoms with Crippen LogP contribution >= 0.6 is 23.2 Å². The lowest BCUT2D eigenvalue weighted by Crippen LogP contribution is -2.14. The summed E-state index contributed by atoms with van der Waals surface area (Å²) in [6.07, 6.45) is 0. The van der Waals surface area contributed by atoms with Crippen molar-refractivity contribution >= 4 is 40.5 Å². The molecule has 0 saturated heterocycles. The molecule has 0 atom stereocenters. The van der Waals surface area contributed by atoms with Crippen LogP contribution in [-0.4, -0.2) is 10.8 Å². The summed E-state index contributed by atoms with van der Waals surface area (Å²) in [5.41, 5.74) is -0.343. The van der Waals surface area contributed by atoms with Crippen molar-refractivity contribution in [2.75, 3.05) is 5.32 Å². The number of rotatable bonds is 3. The number of halogens is 2. The van der Waals surface area contributed by atoms with Gasteiger partial charge >= 0.3 is 0 Å². The highest BCUT2D eigenvalue weighted by Crippen LogP contribution is 2.26. The quantitative estimate of drug-likeness (QED) is 0.692. The third kappa shape index (κ3) is 3.42. The number of nitrogens with one attached hydrogen (secondary N) is 1. The number of anilines is 1. The highest BCUT2D eigenvalue weighted by molar-refractivity contribution is 6.42. The van der Waals surface area contributed by atoms with Crippen LogP contribution in [0, 0.1) is 10.1 Å². The summed E-state index contributed by atoms with van der Waals surface area (Å²) in [5, 5.41) is 25.3. The van der Waals surface area contributed by atoms with E-state index in [9.17, 15) is 20.0 Å². The first kappa shape index (κ1) is 15.1. The van der Waals surface area contributed by atoms with E-state index in [2.05, 4.69) is 5.32 Å². The van der Waals surface area contributed by atoms with E-state index in [0.717, 1.165) is 18.2 Å². The lowest BCUT2D eigenvalue weighted by atomic mass is 10.1. The maximum atomic E-state index is 12.0. The zero-order valence-corrected chi connectivity index (χ0v) is 11.8. The van der Waals surface area contributed by atoms with Crippen molar-refractivity contribution in [3.8, 4) is 5.75 Å². The Kier molecular flexibility index (Phi) is 4.30. The van der Waals surface area contributed by atoms with Crippen molar-refractivity contribution in [3.63, 3.8) is 0 Å². The van der Waals surface area contributed by atoms with Crippen LogP contribution in [-0.2, 0) is 0 Å². The van der Waals surface area contributed by atoms with Gasteiger partial charge in [0.25, 0.3) is 11.6 Å². The van der Waals surface area contributed by atoms with Crippen LogP contribution in [0.4, 0.5) is 11.4 Å². The monoisotopic (exact) mass is 325 g/mol. The Morgan fingerprint density at radius 1 is 1.10 bits per heavy atom. The number of hydrogen-bond donors (Lipinski definition) is 1. The smallest absolute Gasteiger partial charge is 0.270 e. The summed E-state index contributed by atoms with van der Waals surface area (Å²) < 4.78 is 0. The van der Waals surface area contributed by atoms with E-state index in [1.165, 1.54) is 18.2 Å². The molecule has 0 bridgehead atoms. The first-order valence-corrected chi connectivity index (χ1v) is 6.36. The Labute approximate surface area is 129 Å². The number of amides is 1. The SMILES string of the molecule is O=C(Nc1ccc(Cl)c(Cl)c1)c1cc([N+](=O)[O-])ccc1[O-]. The molecule has 0 aromatic heterocycles. The Hall–Kier alpha value is -2.31. The summed E-state index contributed by atoms with van der Waals surface area (Å²) >= 11 is 11.6. The van der Waals surface area contributed by atoms with Crippen LogP contribution in [0.2, 0.25) is 10.0 Å². The molecular formula is C13H7Cl2N2O4-. The number of nitrogens with zero attached hydrogens (tertiary/aromatic N) is 1. The van der Waals surface area contributed by atoms with Gasteiger partial charge in [-0.25, -0.2) is 0 Å². The Morgan fingerprint density at radius 3 is 2.43 bits per heavy atom. The molecule has 0 radical (unpaired) electrons. The number of hydrogen-bond acceptors (Lipinski definition) is 4. The Bertz CT molecular complexity index is 734. The molecule has 6 nitrogen and oxygen atoms in total. The average Bonchev–Trinajstić information content (AvgIpc) is 2.43. The van der Waals surface area contributed by atoms with Crippen LogP contribution in [0.25, 0.3) is 0 Å². The molecule has 108 valence electrons. The summed E-state index contributed by atoms with van der Waals surface area (Å²) in [4.78, 5) is 22.0. The average molecular weight is 326 g/mol. The molecule has 2 aromatic carbocycles. The molecular weight excluding hydrogens is 319 g/mol. The number of carbonyl (C=O) groups excluding carboxylic acids is 1. The van der Waals surface area contributed by atoms with Gasteiger partial charge in [0, 0.05) is 23.4 Å². The standard InChI is InChI=1S/C13H8Cl2N2O4/c14-10-3-1-7(5-11(10)15)16-13(19)9-6-8(17(20)21)2-4-12(9)18/h1-6,18H,(H,16,19)/p-1. The summed E-state index contributed by atoms with van der Waals surface area (Å²) in [5.74, 6) is -1.37. The maximum Gasteiger partial charge on any atom is 0.270 e. The van der Waals surface area contributed by atoms with E-state index in [4.69, 9.17) is 23.2 Å². The van der Waals surface area contributed by atoms with Gasteiger partial charge in [-0.3, -0.25) is 14.9 Å². The van der Waals surface area contributed by atoms with Gasteiger partial charge in [-0.1, -0.05) is 35.0 Å². The van der Waals surface area contributed by atoms with Gasteiger partial charge in [0.15, 0.2) is 0 Å². The molecule has 0 saturated carbocycles. The van der Waals surface area contributed by atoms with Crippen LogP contribution in [0.3, 0.4) is 0 Å². The fraction of sp³-hybridized carbons (Fsp3) is 0. The molecule has 1 N–H and O–H groups in total. The third-order valence-corrected chi connectivity index (χ3v) is 3.34. The number of benzene rings is 2. The number of carbonyl (C=O) groups is 1. The first-order chi connectivity index (χ1) is 9.88. The van der Waals surface area contributed by atoms with Crippen molar-refractivity contribution < 1.29 is 14.8 Å². The number of nitro benzene ring substituents is 1. The molecule has 8 heteroatoms. The lowest BCUT2D eigenvalue weighted by molar-refractivity contribution is -0.385. The third-order valence-electron chi connectivity index (χ3n) is 2.60. The van der Waals surface area contributed by atoms with E-state index in [0.29, 0.717) is 10.7 Å². The maximum absolute atomic E-state index is 12.0. The van der Waals surface area contributed by atoms with Crippen LogP contribution in [0.15, 0.2) is 36.4 Å². The Morgan fingerprint density at radius 2 is 1.81 bits per heavy atom. The fourth-order valence-corrected chi connectivity index (χ4v) is 1.88. The highest BCUT2D eigenvalue weighted by atomic mass is 35.5. The molecule has 0 fully saturated rings. The van der Waals surface area contributed by atoms with E-state index in [1.807, 2.05) is 0 Å². The topological polar surface area (TPSA) is 95.3 Å². The predicted molar refractivity (Wildman–Crippen MR) is 77.0 cm³/mol. The Balaban J connectivity index is 2.29. The molecule has 0 unspecified atom stereocenters. The zero-order chi connectivity index (χ0) is 15.6. The molecule has 0 aliphatic carbocycles. The van der Waals surface area contributed by atoms with Gasteiger partial charge in [0.2, 0.25) is 0 Å². The minimum atomic E-state index is -0.762. The molecule has 0 spiro atoms. The van der Waals surface area contributed by atoms with Crippen molar-refractivity contribution in [1.29, 1.82) is 0 Å². The van der Waals surface area contributed by atoms with E-state index in [-0.39, 0.29) is 16.3 Å².